The molecule has 0 saturated heterocycles. The summed E-state index contributed by atoms with van der Waals surface area (Å²) in [5, 5.41) is 0. The molecular formula is CH6N2OS. The Morgan fingerprint density at radius 3 is 2.60 bits per heavy atom. The fourth-order valence-electron chi connectivity index (χ4n) is 0.0481. The van der Waals surface area contributed by atoms with Gasteiger partial charge in [0.25, 0.3) is 0 Å². The van der Waals surface area contributed by atoms with Crippen LogP contribution in [0.3, 0.4) is 0 Å². The van der Waals surface area contributed by atoms with E-state index in [1.165, 1.54) is 7.11 Å². The van der Waals surface area contributed by atoms with Crippen LogP contribution in [0.25, 0.3) is 0 Å². The van der Waals surface area contributed by atoms with Crippen LogP contribution in [-0.2, 0) is 4.18 Å². The van der Waals surface area contributed by atoms with Crippen molar-refractivity contribution in [1.29, 1.82) is 0 Å². The van der Waals surface area contributed by atoms with Crippen molar-refractivity contribution < 1.29 is 4.18 Å². The second kappa shape index (κ2) is 4.23. The minimum atomic E-state index is 0.991. The van der Waals surface area contributed by atoms with E-state index < -0.39 is 0 Å². The summed E-state index contributed by atoms with van der Waals surface area (Å²) in [6, 6.07) is 0. The van der Waals surface area contributed by atoms with Gasteiger partial charge in [0.15, 0.2) is 0 Å². The summed E-state index contributed by atoms with van der Waals surface area (Å²) in [5.74, 6) is 4.73. The molecule has 0 aliphatic heterocycles. The van der Waals surface area contributed by atoms with E-state index >= 15 is 0 Å². The van der Waals surface area contributed by atoms with Gasteiger partial charge in [-0.25, -0.2) is 0 Å². The van der Waals surface area contributed by atoms with Gasteiger partial charge in [-0.3, -0.25) is 5.84 Å². The molecule has 0 rings (SSSR count). The molecule has 0 spiro atoms. The normalized spacial score (nSPS) is 8.40. The number of hydrazine groups is 1. The van der Waals surface area contributed by atoms with Crippen molar-refractivity contribution in [1.82, 2.24) is 4.83 Å². The molecule has 32 valence electrons. The van der Waals surface area contributed by atoms with E-state index in [0.29, 0.717) is 0 Å². The van der Waals surface area contributed by atoms with Crippen molar-refractivity contribution in [2.24, 2.45) is 5.84 Å². The smallest absolute Gasteiger partial charge is 0.0938 e. The second-order valence-electron chi connectivity index (χ2n) is 0.368. The SMILES string of the molecule is COSNN. The third-order valence-electron chi connectivity index (χ3n) is 0.131. The average Bonchev–Trinajstić information content (AvgIpc) is 1.41. The number of hydrogen-bond donors (Lipinski definition) is 2. The van der Waals surface area contributed by atoms with Gasteiger partial charge in [-0.15, -0.1) is 0 Å². The predicted molar refractivity (Wildman–Crippen MR) is 21.9 cm³/mol. The van der Waals surface area contributed by atoms with Crippen LogP contribution in [0, 0.1) is 0 Å². The maximum Gasteiger partial charge on any atom is 0.0938 e. The van der Waals surface area contributed by atoms with Crippen molar-refractivity contribution in [3.8, 4) is 0 Å². The van der Waals surface area contributed by atoms with Crippen molar-refractivity contribution in [3.63, 3.8) is 0 Å². The molecule has 0 atom stereocenters. The quantitative estimate of drug-likeness (QED) is 0.213. The highest BCUT2D eigenvalue weighted by molar-refractivity contribution is 7.92. The van der Waals surface area contributed by atoms with Gasteiger partial charge in [0.05, 0.1) is 19.3 Å². The maximum absolute atomic E-state index is 4.73. The predicted octanol–water partition coefficient (Wildman–Crippen LogP) is -0.341. The Morgan fingerprint density at radius 1 is 2.00 bits per heavy atom. The summed E-state index contributed by atoms with van der Waals surface area (Å²) in [6.45, 7) is 0. The number of hydrogen-bond acceptors (Lipinski definition) is 4. The molecule has 3 nitrogen and oxygen atoms in total. The fraction of sp³-hybridized carbons (Fsp3) is 1.00. The van der Waals surface area contributed by atoms with Crippen LogP contribution in [0.4, 0.5) is 0 Å². The molecule has 0 fully saturated rings. The second-order valence-corrected chi connectivity index (χ2v) is 1.10. The molecule has 0 amide bonds. The topological polar surface area (TPSA) is 47.3 Å². The zero-order valence-electron chi connectivity index (χ0n) is 2.89. The van der Waals surface area contributed by atoms with Gasteiger partial charge in [0.1, 0.15) is 0 Å². The highest BCUT2D eigenvalue weighted by Crippen LogP contribution is 1.82. The maximum atomic E-state index is 4.73. The molecule has 0 aromatic heterocycles. The Morgan fingerprint density at radius 2 is 2.60 bits per heavy atom. The Hall–Kier alpha value is 0.230. The lowest BCUT2D eigenvalue weighted by Crippen LogP contribution is -2.11. The van der Waals surface area contributed by atoms with Gasteiger partial charge in [-0.05, 0) is 0 Å². The molecular weight excluding hydrogens is 88.1 g/mol. The zero-order chi connectivity index (χ0) is 4.12. The van der Waals surface area contributed by atoms with Crippen LogP contribution >= 0.6 is 12.2 Å². The van der Waals surface area contributed by atoms with Crippen molar-refractivity contribution >= 4 is 12.2 Å². The van der Waals surface area contributed by atoms with Crippen LogP contribution in [-0.4, -0.2) is 7.11 Å². The van der Waals surface area contributed by atoms with E-state index in [0.717, 1.165) is 12.2 Å². The highest BCUT2D eigenvalue weighted by Gasteiger charge is 1.64. The van der Waals surface area contributed by atoms with Crippen LogP contribution < -0.4 is 10.7 Å². The molecule has 0 aliphatic carbocycles. The molecule has 0 bridgehead atoms. The number of rotatable bonds is 2. The average molecular weight is 94.1 g/mol. The summed E-state index contributed by atoms with van der Waals surface area (Å²) in [7, 11) is 1.53. The zero-order valence-corrected chi connectivity index (χ0v) is 3.71. The minimum Gasteiger partial charge on any atom is -0.304 e. The third-order valence-corrected chi connectivity index (χ3v) is 0.394. The van der Waals surface area contributed by atoms with Crippen molar-refractivity contribution in [2.75, 3.05) is 7.11 Å². The molecule has 0 aliphatic rings. The third kappa shape index (κ3) is 4.23. The van der Waals surface area contributed by atoms with Crippen molar-refractivity contribution in [2.45, 2.75) is 0 Å². The largest absolute Gasteiger partial charge is 0.304 e. The molecule has 0 aromatic rings. The lowest BCUT2D eigenvalue weighted by atomic mass is 11.8. The van der Waals surface area contributed by atoms with Gasteiger partial charge in [0.2, 0.25) is 0 Å². The summed E-state index contributed by atoms with van der Waals surface area (Å²) < 4.78 is 4.37. The van der Waals surface area contributed by atoms with E-state index in [1.807, 2.05) is 0 Å². The van der Waals surface area contributed by atoms with Gasteiger partial charge in [-0.1, -0.05) is 0 Å². The Labute approximate surface area is 35.2 Å². The molecule has 0 aromatic carbocycles. The van der Waals surface area contributed by atoms with E-state index in [2.05, 4.69) is 9.01 Å². The standard InChI is InChI=1S/CH6N2OS/c1-4-5-3-2/h3H,2H2,1H3. The summed E-state index contributed by atoms with van der Waals surface area (Å²) in [4.78, 5) is 2.21. The van der Waals surface area contributed by atoms with Crippen LogP contribution in [0.15, 0.2) is 0 Å². The monoisotopic (exact) mass is 94.0 g/mol. The summed E-state index contributed by atoms with van der Waals surface area (Å²) >= 11 is 0.991. The van der Waals surface area contributed by atoms with E-state index in [-0.39, 0.29) is 0 Å². The molecule has 0 radical (unpaired) electrons. The molecule has 5 heavy (non-hydrogen) atoms. The molecule has 3 N–H and O–H groups in total. The lowest BCUT2D eigenvalue weighted by molar-refractivity contribution is 0.484. The first-order valence-corrected chi connectivity index (χ1v) is 1.81. The van der Waals surface area contributed by atoms with Crippen LogP contribution in [0.5, 0.6) is 0 Å². The van der Waals surface area contributed by atoms with Gasteiger partial charge < -0.3 is 4.18 Å². The Bertz CT molecular complexity index is 17.1. The molecule has 0 saturated carbocycles. The highest BCUT2D eigenvalue weighted by atomic mass is 32.2. The first-order chi connectivity index (χ1) is 2.41. The van der Waals surface area contributed by atoms with Crippen molar-refractivity contribution in [3.05, 3.63) is 0 Å². The Balaban J connectivity index is 2.19. The lowest BCUT2D eigenvalue weighted by Gasteiger charge is -1.85. The fourth-order valence-corrected chi connectivity index (χ4v) is 0.144. The molecule has 0 unspecified atom stereocenters. The van der Waals surface area contributed by atoms with Crippen LogP contribution in [0.2, 0.25) is 0 Å². The van der Waals surface area contributed by atoms with Gasteiger partial charge >= 0.3 is 0 Å². The van der Waals surface area contributed by atoms with Gasteiger partial charge in [-0.2, -0.15) is 4.83 Å². The first-order valence-electron chi connectivity index (χ1n) is 1.07. The summed E-state index contributed by atoms with van der Waals surface area (Å²) in [6.07, 6.45) is 0. The minimum absolute atomic E-state index is 0.991. The number of nitrogens with two attached hydrogens (primary N) is 1. The number of nitrogens with one attached hydrogen (secondary N) is 1. The first kappa shape index (κ1) is 5.23. The molecule has 4 heteroatoms. The van der Waals surface area contributed by atoms with Crippen LogP contribution in [0.1, 0.15) is 0 Å². The molecule has 0 heterocycles. The van der Waals surface area contributed by atoms with E-state index in [9.17, 15) is 0 Å². The van der Waals surface area contributed by atoms with E-state index in [4.69, 9.17) is 5.84 Å². The van der Waals surface area contributed by atoms with Gasteiger partial charge in [0, 0.05) is 0 Å². The van der Waals surface area contributed by atoms with E-state index in [1.54, 1.807) is 0 Å². The summed E-state index contributed by atoms with van der Waals surface area (Å²) in [5.41, 5.74) is 0. The Kier molecular flexibility index (Phi) is 4.42.